The van der Waals surface area contributed by atoms with Crippen LogP contribution >= 0.6 is 15.9 Å². The van der Waals surface area contributed by atoms with Crippen molar-refractivity contribution in [2.24, 2.45) is 0 Å². The first-order chi connectivity index (χ1) is 9.18. The van der Waals surface area contributed by atoms with Crippen LogP contribution in [-0.4, -0.2) is 9.78 Å². The second-order valence-corrected chi connectivity index (χ2v) is 5.71. The van der Waals surface area contributed by atoms with Crippen LogP contribution in [0.25, 0.3) is 5.69 Å². The molecular formula is C14H14BrFN2O. The first kappa shape index (κ1) is 12.7. The van der Waals surface area contributed by atoms with E-state index in [9.17, 15) is 9.18 Å². The van der Waals surface area contributed by atoms with Gasteiger partial charge in [-0.05, 0) is 40.9 Å². The summed E-state index contributed by atoms with van der Waals surface area (Å²) in [6, 6.07) is 6.28. The van der Waals surface area contributed by atoms with Crippen LogP contribution in [0, 0.1) is 5.82 Å². The molecule has 0 atom stereocenters. The lowest BCUT2D eigenvalue weighted by molar-refractivity contribution is 0.603. The number of nitrogens with zero attached hydrogens (tertiary/aromatic N) is 1. The van der Waals surface area contributed by atoms with Gasteiger partial charge >= 0.3 is 0 Å². The third-order valence-electron chi connectivity index (χ3n) is 3.72. The fourth-order valence-electron chi connectivity index (χ4n) is 2.72. The molecule has 1 aliphatic carbocycles. The molecule has 1 aromatic carbocycles. The van der Waals surface area contributed by atoms with Crippen LogP contribution in [-0.2, 0) is 0 Å². The van der Waals surface area contributed by atoms with Gasteiger partial charge in [0, 0.05) is 5.92 Å². The molecule has 5 heteroatoms. The molecule has 100 valence electrons. The predicted molar refractivity (Wildman–Crippen MR) is 75.3 cm³/mol. The van der Waals surface area contributed by atoms with E-state index in [0.29, 0.717) is 10.4 Å². The molecule has 1 fully saturated rings. The van der Waals surface area contributed by atoms with Crippen molar-refractivity contribution in [2.75, 3.05) is 0 Å². The molecule has 0 saturated heterocycles. The van der Waals surface area contributed by atoms with Gasteiger partial charge in [-0.1, -0.05) is 25.0 Å². The third kappa shape index (κ3) is 2.16. The predicted octanol–water partition coefficient (Wildman–Crippen LogP) is 3.72. The largest absolute Gasteiger partial charge is 0.293 e. The van der Waals surface area contributed by atoms with Crippen molar-refractivity contribution in [3.63, 3.8) is 0 Å². The van der Waals surface area contributed by atoms with Crippen molar-refractivity contribution in [2.45, 2.75) is 31.6 Å². The SMILES string of the molecule is O=c1c(Br)c(C2CCCC2)[nH]n1-c1ccccc1F. The Labute approximate surface area is 118 Å². The van der Waals surface area contributed by atoms with Gasteiger partial charge in [-0.15, -0.1) is 0 Å². The van der Waals surface area contributed by atoms with Gasteiger partial charge in [0.1, 0.15) is 16.0 Å². The zero-order valence-electron chi connectivity index (χ0n) is 10.3. The highest BCUT2D eigenvalue weighted by atomic mass is 79.9. The van der Waals surface area contributed by atoms with Crippen molar-refractivity contribution >= 4 is 15.9 Å². The van der Waals surface area contributed by atoms with E-state index in [1.54, 1.807) is 18.2 Å². The minimum atomic E-state index is -0.406. The van der Waals surface area contributed by atoms with Crippen LogP contribution in [0.2, 0.25) is 0 Å². The summed E-state index contributed by atoms with van der Waals surface area (Å²) in [5, 5.41) is 3.07. The standard InChI is InChI=1S/C14H14BrFN2O/c15-12-13(9-5-1-2-6-9)17-18(14(12)19)11-8-4-3-7-10(11)16/h3-4,7-9,17H,1-2,5-6H2. The van der Waals surface area contributed by atoms with Gasteiger partial charge in [-0.3, -0.25) is 9.89 Å². The molecular weight excluding hydrogens is 311 g/mol. The Hall–Kier alpha value is -1.36. The topological polar surface area (TPSA) is 37.8 Å². The number of rotatable bonds is 2. The molecule has 1 heterocycles. The summed E-state index contributed by atoms with van der Waals surface area (Å²) in [6.45, 7) is 0. The summed E-state index contributed by atoms with van der Waals surface area (Å²) in [5.74, 6) is -0.0357. The number of H-pyrrole nitrogens is 1. The van der Waals surface area contributed by atoms with Gasteiger partial charge in [0.25, 0.3) is 5.56 Å². The molecule has 0 radical (unpaired) electrons. The molecule has 3 rings (SSSR count). The minimum absolute atomic E-state index is 0.230. The van der Waals surface area contributed by atoms with Crippen molar-refractivity contribution in [1.82, 2.24) is 9.78 Å². The number of aromatic nitrogens is 2. The van der Waals surface area contributed by atoms with Crippen LogP contribution < -0.4 is 5.56 Å². The minimum Gasteiger partial charge on any atom is -0.293 e. The Morgan fingerprint density at radius 2 is 1.95 bits per heavy atom. The van der Waals surface area contributed by atoms with Gasteiger partial charge in [0.2, 0.25) is 0 Å². The number of hydrogen-bond acceptors (Lipinski definition) is 1. The molecule has 0 spiro atoms. The second kappa shape index (κ2) is 4.96. The quantitative estimate of drug-likeness (QED) is 0.898. The molecule has 19 heavy (non-hydrogen) atoms. The summed E-state index contributed by atoms with van der Waals surface area (Å²) in [6.07, 6.45) is 4.53. The average molecular weight is 325 g/mol. The monoisotopic (exact) mass is 324 g/mol. The van der Waals surface area contributed by atoms with Gasteiger partial charge in [-0.2, -0.15) is 0 Å². The molecule has 0 unspecified atom stereocenters. The van der Waals surface area contributed by atoms with Crippen LogP contribution in [0.1, 0.15) is 37.3 Å². The van der Waals surface area contributed by atoms with E-state index in [2.05, 4.69) is 21.0 Å². The van der Waals surface area contributed by atoms with E-state index in [1.807, 2.05) is 0 Å². The Bertz CT molecular complexity index is 656. The molecule has 2 aromatic rings. The van der Waals surface area contributed by atoms with Crippen LogP contribution in [0.15, 0.2) is 33.5 Å². The lowest BCUT2D eigenvalue weighted by Crippen LogP contribution is -2.15. The zero-order chi connectivity index (χ0) is 13.4. The molecule has 0 amide bonds. The maximum absolute atomic E-state index is 13.8. The van der Waals surface area contributed by atoms with E-state index in [0.717, 1.165) is 18.5 Å². The number of para-hydroxylation sites is 1. The maximum Gasteiger partial charge on any atom is 0.285 e. The normalized spacial score (nSPS) is 16.1. The van der Waals surface area contributed by atoms with Gasteiger partial charge in [0.05, 0.1) is 5.69 Å². The number of benzene rings is 1. The molecule has 1 saturated carbocycles. The second-order valence-electron chi connectivity index (χ2n) is 4.91. The zero-order valence-corrected chi connectivity index (χ0v) is 11.9. The number of halogens is 2. The van der Waals surface area contributed by atoms with E-state index >= 15 is 0 Å². The van der Waals surface area contributed by atoms with Gasteiger partial charge in [-0.25, -0.2) is 9.07 Å². The first-order valence-electron chi connectivity index (χ1n) is 6.44. The molecule has 1 N–H and O–H groups in total. The van der Waals surface area contributed by atoms with E-state index in [-0.39, 0.29) is 11.2 Å². The molecule has 1 aromatic heterocycles. The average Bonchev–Trinajstić information content (AvgIpc) is 3.02. The van der Waals surface area contributed by atoms with Gasteiger partial charge in [0.15, 0.2) is 0 Å². The van der Waals surface area contributed by atoms with E-state index < -0.39 is 5.82 Å². The van der Waals surface area contributed by atoms with Crippen LogP contribution in [0.4, 0.5) is 4.39 Å². The smallest absolute Gasteiger partial charge is 0.285 e. The fourth-order valence-corrected chi connectivity index (χ4v) is 3.31. The summed E-state index contributed by atoms with van der Waals surface area (Å²) in [7, 11) is 0. The molecule has 0 bridgehead atoms. The van der Waals surface area contributed by atoms with Crippen LogP contribution in [0.3, 0.4) is 0 Å². The summed E-state index contributed by atoms with van der Waals surface area (Å²) in [5.41, 5.74) is 0.926. The summed E-state index contributed by atoms with van der Waals surface area (Å²) < 4.78 is 15.6. The number of hydrogen-bond donors (Lipinski definition) is 1. The number of aromatic amines is 1. The lowest BCUT2D eigenvalue weighted by atomic mass is 10.1. The number of nitrogens with one attached hydrogen (secondary N) is 1. The third-order valence-corrected chi connectivity index (χ3v) is 4.48. The maximum atomic E-state index is 13.8. The Morgan fingerprint density at radius 1 is 1.26 bits per heavy atom. The summed E-state index contributed by atoms with van der Waals surface area (Å²) in [4.78, 5) is 12.2. The van der Waals surface area contributed by atoms with Gasteiger partial charge < -0.3 is 0 Å². The molecule has 1 aliphatic rings. The van der Waals surface area contributed by atoms with Crippen molar-refractivity contribution in [1.29, 1.82) is 0 Å². The van der Waals surface area contributed by atoms with Crippen molar-refractivity contribution < 1.29 is 4.39 Å². The first-order valence-corrected chi connectivity index (χ1v) is 7.23. The Balaban J connectivity index is 2.11. The van der Waals surface area contributed by atoms with E-state index in [1.165, 1.54) is 23.6 Å². The Kier molecular flexibility index (Phi) is 3.31. The van der Waals surface area contributed by atoms with Crippen LogP contribution in [0.5, 0.6) is 0 Å². The van der Waals surface area contributed by atoms with Crippen molar-refractivity contribution in [3.8, 4) is 5.69 Å². The molecule has 0 aliphatic heterocycles. The molecule has 3 nitrogen and oxygen atoms in total. The van der Waals surface area contributed by atoms with Crippen molar-refractivity contribution in [3.05, 3.63) is 50.6 Å². The van der Waals surface area contributed by atoms with E-state index in [4.69, 9.17) is 0 Å². The summed E-state index contributed by atoms with van der Waals surface area (Å²) >= 11 is 3.35. The highest BCUT2D eigenvalue weighted by Crippen LogP contribution is 2.35. The highest BCUT2D eigenvalue weighted by molar-refractivity contribution is 9.10. The fraction of sp³-hybridized carbons (Fsp3) is 0.357. The Morgan fingerprint density at radius 3 is 2.63 bits per heavy atom. The lowest BCUT2D eigenvalue weighted by Gasteiger charge is -2.07. The highest BCUT2D eigenvalue weighted by Gasteiger charge is 2.24.